The minimum absolute atomic E-state index is 0.0220. The van der Waals surface area contributed by atoms with Crippen LogP contribution in [0.3, 0.4) is 0 Å². The molecule has 1 amide bonds. The topological polar surface area (TPSA) is 49.9 Å². The lowest BCUT2D eigenvalue weighted by Gasteiger charge is -2.38. The number of carbonyl (C=O) groups is 2. The number of methoxy groups -OCH3 is 1. The highest BCUT2D eigenvalue weighted by Crippen LogP contribution is 2.47. The van der Waals surface area contributed by atoms with Gasteiger partial charge in [0.15, 0.2) is 0 Å². The summed E-state index contributed by atoms with van der Waals surface area (Å²) in [4.78, 5) is 29.3. The molecule has 0 radical (unpaired) electrons. The molecule has 0 bridgehead atoms. The zero-order valence-corrected chi connectivity index (χ0v) is 16.3. The van der Waals surface area contributed by atoms with Gasteiger partial charge in [0.2, 0.25) is 5.91 Å². The van der Waals surface area contributed by atoms with Crippen LogP contribution in [0.1, 0.15) is 24.0 Å². The smallest absolute Gasteiger partial charge is 0.325 e. The van der Waals surface area contributed by atoms with Crippen molar-refractivity contribution >= 4 is 17.6 Å². The molecule has 0 saturated carbocycles. The number of piperidine rings is 1. The molecule has 0 atom stereocenters. The van der Waals surface area contributed by atoms with E-state index in [-0.39, 0.29) is 18.4 Å². The molecule has 2 aromatic rings. The van der Waals surface area contributed by atoms with Crippen LogP contribution in [0.5, 0.6) is 0 Å². The van der Waals surface area contributed by atoms with Crippen molar-refractivity contribution in [2.24, 2.45) is 0 Å². The molecule has 0 unspecified atom stereocenters. The Kier molecular flexibility index (Phi) is 5.18. The number of hydrogen-bond acceptors (Lipinski definition) is 4. The Bertz CT molecular complexity index is 857. The van der Waals surface area contributed by atoms with Gasteiger partial charge in [0.1, 0.15) is 6.54 Å². The SMILES string of the molecule is COC(=O)CN1C(=O)C2(CCN(CCc3ccccc3)CC2)c2ccccc21. The molecule has 1 spiro atoms. The predicted molar refractivity (Wildman–Crippen MR) is 108 cm³/mol. The van der Waals surface area contributed by atoms with Gasteiger partial charge in [-0.05, 0) is 49.5 Å². The highest BCUT2D eigenvalue weighted by molar-refractivity contribution is 6.10. The molecule has 0 N–H and O–H groups in total. The highest BCUT2D eigenvalue weighted by atomic mass is 16.5. The average Bonchev–Trinajstić information content (AvgIpc) is 2.97. The van der Waals surface area contributed by atoms with Gasteiger partial charge in [-0.1, -0.05) is 48.5 Å². The van der Waals surface area contributed by atoms with Gasteiger partial charge < -0.3 is 14.5 Å². The Labute approximate surface area is 165 Å². The monoisotopic (exact) mass is 378 g/mol. The minimum atomic E-state index is -0.506. The van der Waals surface area contributed by atoms with E-state index in [0.717, 1.165) is 50.1 Å². The predicted octanol–water partition coefficient (Wildman–Crippen LogP) is 2.78. The van der Waals surface area contributed by atoms with Gasteiger partial charge >= 0.3 is 5.97 Å². The summed E-state index contributed by atoms with van der Waals surface area (Å²) in [6.07, 6.45) is 2.59. The number of rotatable bonds is 5. The van der Waals surface area contributed by atoms with Crippen molar-refractivity contribution in [1.29, 1.82) is 0 Å². The number of benzene rings is 2. The first kappa shape index (κ1) is 18.7. The molecule has 2 aliphatic heterocycles. The number of likely N-dealkylation sites (tertiary alicyclic amines) is 1. The van der Waals surface area contributed by atoms with Crippen LogP contribution in [0.2, 0.25) is 0 Å². The lowest BCUT2D eigenvalue weighted by Crippen LogP contribution is -2.49. The molecule has 146 valence electrons. The minimum Gasteiger partial charge on any atom is -0.468 e. The number of hydrogen-bond donors (Lipinski definition) is 0. The van der Waals surface area contributed by atoms with E-state index in [0.29, 0.717) is 0 Å². The van der Waals surface area contributed by atoms with Crippen molar-refractivity contribution < 1.29 is 14.3 Å². The second-order valence-electron chi connectivity index (χ2n) is 7.64. The zero-order valence-electron chi connectivity index (χ0n) is 16.3. The summed E-state index contributed by atoms with van der Waals surface area (Å²) in [6, 6.07) is 18.4. The number of nitrogens with zero attached hydrogens (tertiary/aromatic N) is 2. The third kappa shape index (κ3) is 3.31. The van der Waals surface area contributed by atoms with Crippen molar-refractivity contribution in [3.05, 3.63) is 65.7 Å². The molecule has 1 saturated heterocycles. The fourth-order valence-corrected chi connectivity index (χ4v) is 4.52. The van der Waals surface area contributed by atoms with Crippen LogP contribution in [-0.4, -0.2) is 50.1 Å². The van der Waals surface area contributed by atoms with E-state index in [4.69, 9.17) is 4.74 Å². The molecule has 4 rings (SSSR count). The van der Waals surface area contributed by atoms with Crippen LogP contribution < -0.4 is 4.90 Å². The molecule has 2 aromatic carbocycles. The molecule has 1 fully saturated rings. The highest BCUT2D eigenvalue weighted by Gasteiger charge is 2.52. The summed E-state index contributed by atoms with van der Waals surface area (Å²) in [5, 5.41) is 0. The van der Waals surface area contributed by atoms with Crippen LogP contribution >= 0.6 is 0 Å². The van der Waals surface area contributed by atoms with Crippen molar-refractivity contribution in [3.8, 4) is 0 Å². The van der Waals surface area contributed by atoms with Gasteiger partial charge in [-0.15, -0.1) is 0 Å². The summed E-state index contributed by atoms with van der Waals surface area (Å²) in [5.41, 5.74) is 2.75. The first-order chi connectivity index (χ1) is 13.6. The number of esters is 1. The Morgan fingerprint density at radius 1 is 1.04 bits per heavy atom. The molecule has 5 heteroatoms. The maximum Gasteiger partial charge on any atom is 0.325 e. The Morgan fingerprint density at radius 3 is 2.43 bits per heavy atom. The number of carbonyl (C=O) groups excluding carboxylic acids is 2. The fraction of sp³-hybridized carbons (Fsp3) is 0.391. The number of anilines is 1. The second kappa shape index (κ2) is 7.76. The van der Waals surface area contributed by atoms with E-state index in [9.17, 15) is 9.59 Å². The number of para-hydroxylation sites is 1. The van der Waals surface area contributed by atoms with Crippen LogP contribution in [0.4, 0.5) is 5.69 Å². The maximum absolute atomic E-state index is 13.4. The van der Waals surface area contributed by atoms with E-state index < -0.39 is 5.41 Å². The molecular formula is C23H26N2O3. The molecule has 5 nitrogen and oxygen atoms in total. The van der Waals surface area contributed by atoms with Gasteiger partial charge in [-0.3, -0.25) is 9.59 Å². The largest absolute Gasteiger partial charge is 0.468 e. The summed E-state index contributed by atoms with van der Waals surface area (Å²) in [6.45, 7) is 2.76. The van der Waals surface area contributed by atoms with Crippen molar-refractivity contribution in [1.82, 2.24) is 4.90 Å². The van der Waals surface area contributed by atoms with E-state index >= 15 is 0 Å². The van der Waals surface area contributed by atoms with Crippen LogP contribution in [0, 0.1) is 0 Å². The van der Waals surface area contributed by atoms with Gasteiger partial charge in [-0.25, -0.2) is 0 Å². The maximum atomic E-state index is 13.4. The van der Waals surface area contributed by atoms with Crippen molar-refractivity contribution in [2.75, 3.05) is 38.2 Å². The Balaban J connectivity index is 1.48. The molecule has 0 aromatic heterocycles. The summed E-state index contributed by atoms with van der Waals surface area (Å²) in [7, 11) is 1.36. The van der Waals surface area contributed by atoms with E-state index in [2.05, 4.69) is 29.2 Å². The zero-order chi connectivity index (χ0) is 19.6. The first-order valence-corrected chi connectivity index (χ1v) is 9.88. The third-order valence-corrected chi connectivity index (χ3v) is 6.15. The van der Waals surface area contributed by atoms with Crippen LogP contribution in [0.15, 0.2) is 54.6 Å². The van der Waals surface area contributed by atoms with Gasteiger partial charge in [0.25, 0.3) is 0 Å². The molecular weight excluding hydrogens is 352 g/mol. The van der Waals surface area contributed by atoms with Crippen LogP contribution in [0.25, 0.3) is 0 Å². The summed E-state index contributed by atoms with van der Waals surface area (Å²) >= 11 is 0. The lowest BCUT2D eigenvalue weighted by molar-refractivity contribution is -0.140. The van der Waals surface area contributed by atoms with E-state index in [1.165, 1.54) is 12.7 Å². The number of fused-ring (bicyclic) bond motifs is 2. The van der Waals surface area contributed by atoms with E-state index in [1.807, 2.05) is 30.3 Å². The third-order valence-electron chi connectivity index (χ3n) is 6.15. The molecule has 2 aliphatic rings. The van der Waals surface area contributed by atoms with Crippen molar-refractivity contribution in [3.63, 3.8) is 0 Å². The van der Waals surface area contributed by atoms with Gasteiger partial charge in [0.05, 0.1) is 12.5 Å². The average molecular weight is 378 g/mol. The standard InChI is InChI=1S/C23H26N2O3/c1-28-21(26)17-25-20-10-6-5-9-19(20)23(22(25)27)12-15-24(16-13-23)14-11-18-7-3-2-4-8-18/h2-10H,11-17H2,1H3. The molecule has 28 heavy (non-hydrogen) atoms. The lowest BCUT2D eigenvalue weighted by atomic mass is 9.73. The summed E-state index contributed by atoms with van der Waals surface area (Å²) in [5.74, 6) is -0.345. The Morgan fingerprint density at radius 2 is 1.71 bits per heavy atom. The van der Waals surface area contributed by atoms with Crippen molar-refractivity contribution in [2.45, 2.75) is 24.7 Å². The quantitative estimate of drug-likeness (QED) is 0.751. The Hall–Kier alpha value is -2.66. The van der Waals surface area contributed by atoms with E-state index in [1.54, 1.807) is 4.90 Å². The second-order valence-corrected chi connectivity index (χ2v) is 7.64. The number of ether oxygens (including phenoxy) is 1. The molecule has 2 heterocycles. The normalized spacial score (nSPS) is 18.3. The number of amides is 1. The fourth-order valence-electron chi connectivity index (χ4n) is 4.52. The van der Waals surface area contributed by atoms with Gasteiger partial charge in [-0.2, -0.15) is 0 Å². The summed E-state index contributed by atoms with van der Waals surface area (Å²) < 4.78 is 4.80. The van der Waals surface area contributed by atoms with Gasteiger partial charge in [0, 0.05) is 12.2 Å². The molecule has 0 aliphatic carbocycles. The van der Waals surface area contributed by atoms with Crippen LogP contribution in [-0.2, 0) is 26.2 Å². The first-order valence-electron chi connectivity index (χ1n) is 9.88.